The molecule has 0 saturated heterocycles. The summed E-state index contributed by atoms with van der Waals surface area (Å²) in [5.41, 5.74) is 3.59. The zero-order valence-corrected chi connectivity index (χ0v) is 12.7. The number of amides is 1. The van der Waals surface area contributed by atoms with Crippen molar-refractivity contribution in [2.24, 2.45) is 0 Å². The van der Waals surface area contributed by atoms with Gasteiger partial charge in [-0.2, -0.15) is 5.10 Å². The quantitative estimate of drug-likeness (QED) is 0.724. The van der Waals surface area contributed by atoms with E-state index in [1.54, 1.807) is 23.2 Å². The summed E-state index contributed by atoms with van der Waals surface area (Å²) < 4.78 is 0. The summed E-state index contributed by atoms with van der Waals surface area (Å²) >= 11 is 0. The predicted molar refractivity (Wildman–Crippen MR) is 86.7 cm³/mol. The maximum Gasteiger partial charge on any atom is 0.259 e. The number of nitrogens with one attached hydrogen (secondary N) is 1. The highest BCUT2D eigenvalue weighted by Crippen LogP contribution is 2.36. The van der Waals surface area contributed by atoms with Gasteiger partial charge in [-0.05, 0) is 37.5 Å². The van der Waals surface area contributed by atoms with Crippen LogP contribution in [-0.4, -0.2) is 32.7 Å². The van der Waals surface area contributed by atoms with Gasteiger partial charge in [0.05, 0.1) is 11.3 Å². The molecule has 3 aromatic rings. The van der Waals surface area contributed by atoms with Crippen molar-refractivity contribution in [2.75, 3.05) is 11.4 Å². The summed E-state index contributed by atoms with van der Waals surface area (Å²) in [6, 6.07) is 7.19. The lowest BCUT2D eigenvalue weighted by atomic mass is 10.00. The molecule has 2 aromatic heterocycles. The van der Waals surface area contributed by atoms with Gasteiger partial charge in [0.2, 0.25) is 0 Å². The zero-order valence-electron chi connectivity index (χ0n) is 12.7. The third kappa shape index (κ3) is 2.14. The van der Waals surface area contributed by atoms with Crippen LogP contribution in [0.4, 0.5) is 5.69 Å². The van der Waals surface area contributed by atoms with Crippen molar-refractivity contribution in [3.63, 3.8) is 0 Å². The van der Waals surface area contributed by atoms with Crippen LogP contribution < -0.4 is 4.90 Å². The molecule has 1 aliphatic heterocycles. The van der Waals surface area contributed by atoms with Gasteiger partial charge in [-0.1, -0.05) is 12.1 Å². The molecule has 1 aromatic carbocycles. The molecule has 0 aliphatic carbocycles. The number of para-hydroxylation sites is 1. The molecule has 0 unspecified atom stereocenters. The number of carbonyl (C=O) groups excluding carboxylic acids is 1. The second-order valence-electron chi connectivity index (χ2n) is 5.79. The molecule has 6 heteroatoms. The number of phenolic OH excluding ortho intramolecular Hbond substituents is 1. The SMILES string of the molecule is Cc1[nH]nc2ncc(C(=O)N3CCCc4cccc(O)c43)cc12. The fraction of sp³-hybridized carbons (Fsp3) is 0.235. The molecule has 0 radical (unpaired) electrons. The number of fused-ring (bicyclic) bond motifs is 2. The fourth-order valence-electron chi connectivity index (χ4n) is 3.13. The normalized spacial score (nSPS) is 14.0. The van der Waals surface area contributed by atoms with Crippen molar-refractivity contribution in [3.05, 3.63) is 47.3 Å². The Balaban J connectivity index is 1.79. The molecular weight excluding hydrogens is 292 g/mol. The fourth-order valence-corrected chi connectivity index (χ4v) is 3.13. The third-order valence-electron chi connectivity index (χ3n) is 4.29. The minimum absolute atomic E-state index is 0.143. The highest BCUT2D eigenvalue weighted by Gasteiger charge is 2.26. The molecule has 0 fully saturated rings. The number of aromatic hydroxyl groups is 1. The van der Waals surface area contributed by atoms with Crippen LogP contribution in [-0.2, 0) is 6.42 Å². The Morgan fingerprint density at radius 3 is 3.13 bits per heavy atom. The Labute approximate surface area is 132 Å². The summed E-state index contributed by atoms with van der Waals surface area (Å²) in [6.45, 7) is 2.49. The molecule has 4 rings (SSSR count). The minimum Gasteiger partial charge on any atom is -0.506 e. The molecule has 1 amide bonds. The van der Waals surface area contributed by atoms with Gasteiger partial charge in [-0.3, -0.25) is 9.89 Å². The van der Waals surface area contributed by atoms with Crippen LogP contribution in [0.2, 0.25) is 0 Å². The molecule has 0 bridgehead atoms. The van der Waals surface area contributed by atoms with Crippen LogP contribution >= 0.6 is 0 Å². The average Bonchev–Trinajstić information content (AvgIpc) is 2.95. The van der Waals surface area contributed by atoms with Crippen molar-refractivity contribution >= 4 is 22.6 Å². The number of nitrogens with zero attached hydrogens (tertiary/aromatic N) is 3. The molecule has 6 nitrogen and oxygen atoms in total. The van der Waals surface area contributed by atoms with Crippen molar-refractivity contribution < 1.29 is 9.90 Å². The first kappa shape index (κ1) is 13.8. The lowest BCUT2D eigenvalue weighted by molar-refractivity contribution is 0.0984. The van der Waals surface area contributed by atoms with Gasteiger partial charge in [-0.15, -0.1) is 0 Å². The van der Waals surface area contributed by atoms with Gasteiger partial charge >= 0.3 is 0 Å². The maximum absolute atomic E-state index is 12.9. The number of pyridine rings is 1. The van der Waals surface area contributed by atoms with Gasteiger partial charge in [0.1, 0.15) is 5.75 Å². The second kappa shape index (κ2) is 5.08. The first-order valence-corrected chi connectivity index (χ1v) is 7.58. The lowest BCUT2D eigenvalue weighted by Gasteiger charge is -2.30. The van der Waals surface area contributed by atoms with Crippen molar-refractivity contribution in [1.29, 1.82) is 0 Å². The molecule has 0 atom stereocenters. The summed E-state index contributed by atoms with van der Waals surface area (Å²) in [4.78, 5) is 18.8. The summed E-state index contributed by atoms with van der Waals surface area (Å²) in [6.07, 6.45) is 3.29. The minimum atomic E-state index is -0.151. The molecule has 1 aliphatic rings. The van der Waals surface area contributed by atoms with Crippen LogP contribution in [0.5, 0.6) is 5.75 Å². The maximum atomic E-state index is 12.9. The standard InChI is InChI=1S/C17H16N4O2/c1-10-13-8-12(9-18-16(13)20-19-10)17(23)21-7-3-5-11-4-2-6-14(22)15(11)21/h2,4,6,8-9,22H,3,5,7H2,1H3,(H,18,19,20). The molecule has 116 valence electrons. The van der Waals surface area contributed by atoms with Crippen LogP contribution in [0.15, 0.2) is 30.5 Å². The lowest BCUT2D eigenvalue weighted by Crippen LogP contribution is -2.35. The van der Waals surface area contributed by atoms with Crippen LogP contribution in [0, 0.1) is 6.92 Å². The van der Waals surface area contributed by atoms with Crippen molar-refractivity contribution in [1.82, 2.24) is 15.2 Å². The summed E-state index contributed by atoms with van der Waals surface area (Å²) in [5.74, 6) is -0.00784. The zero-order chi connectivity index (χ0) is 16.0. The van der Waals surface area contributed by atoms with Crippen LogP contribution in [0.25, 0.3) is 11.0 Å². The number of rotatable bonds is 1. The number of aryl methyl sites for hydroxylation is 2. The van der Waals surface area contributed by atoms with E-state index in [0.717, 1.165) is 29.5 Å². The molecule has 23 heavy (non-hydrogen) atoms. The van der Waals surface area contributed by atoms with E-state index in [0.29, 0.717) is 23.4 Å². The molecule has 0 spiro atoms. The van der Waals surface area contributed by atoms with E-state index < -0.39 is 0 Å². The van der Waals surface area contributed by atoms with Crippen molar-refractivity contribution in [3.8, 4) is 5.75 Å². The van der Waals surface area contributed by atoms with Gasteiger partial charge in [-0.25, -0.2) is 4.98 Å². The van der Waals surface area contributed by atoms with Gasteiger partial charge in [0.25, 0.3) is 5.91 Å². The predicted octanol–water partition coefficient (Wildman–Crippen LogP) is 2.56. The average molecular weight is 308 g/mol. The van der Waals surface area contributed by atoms with E-state index in [4.69, 9.17) is 0 Å². The molecular formula is C17H16N4O2. The Kier molecular flexibility index (Phi) is 3.04. The summed E-state index contributed by atoms with van der Waals surface area (Å²) in [7, 11) is 0. The number of hydrogen-bond acceptors (Lipinski definition) is 4. The highest BCUT2D eigenvalue weighted by atomic mass is 16.3. The van der Waals surface area contributed by atoms with E-state index in [-0.39, 0.29) is 11.7 Å². The second-order valence-corrected chi connectivity index (χ2v) is 5.79. The Morgan fingerprint density at radius 2 is 2.26 bits per heavy atom. The number of anilines is 1. The monoisotopic (exact) mass is 308 g/mol. The Bertz CT molecular complexity index is 916. The number of H-pyrrole nitrogens is 1. The smallest absolute Gasteiger partial charge is 0.259 e. The topological polar surface area (TPSA) is 82.1 Å². The largest absolute Gasteiger partial charge is 0.506 e. The number of aromatic nitrogens is 3. The van der Waals surface area contributed by atoms with Crippen LogP contribution in [0.3, 0.4) is 0 Å². The number of benzene rings is 1. The summed E-state index contributed by atoms with van der Waals surface area (Å²) in [5, 5.41) is 18.0. The molecule has 2 N–H and O–H groups in total. The third-order valence-corrected chi connectivity index (χ3v) is 4.29. The van der Waals surface area contributed by atoms with Gasteiger partial charge in [0.15, 0.2) is 5.65 Å². The molecule has 0 saturated carbocycles. The van der Waals surface area contributed by atoms with E-state index in [1.807, 2.05) is 19.1 Å². The van der Waals surface area contributed by atoms with Crippen LogP contribution in [0.1, 0.15) is 28.0 Å². The number of hydrogen-bond donors (Lipinski definition) is 2. The highest BCUT2D eigenvalue weighted by molar-refractivity contribution is 6.08. The Hall–Kier alpha value is -2.89. The van der Waals surface area contributed by atoms with E-state index in [2.05, 4.69) is 15.2 Å². The number of carbonyl (C=O) groups is 1. The first-order valence-electron chi connectivity index (χ1n) is 7.58. The number of phenols is 1. The van der Waals surface area contributed by atoms with E-state index in [1.165, 1.54) is 0 Å². The number of aromatic amines is 1. The van der Waals surface area contributed by atoms with E-state index in [9.17, 15) is 9.90 Å². The Morgan fingerprint density at radius 1 is 1.39 bits per heavy atom. The van der Waals surface area contributed by atoms with E-state index >= 15 is 0 Å². The molecule has 3 heterocycles. The first-order chi connectivity index (χ1) is 11.1. The van der Waals surface area contributed by atoms with Gasteiger partial charge < -0.3 is 10.0 Å². The van der Waals surface area contributed by atoms with Gasteiger partial charge in [0, 0.05) is 23.8 Å². The van der Waals surface area contributed by atoms with Crippen molar-refractivity contribution in [2.45, 2.75) is 19.8 Å².